The maximum atomic E-state index is 12.7. The number of hydrogen-bond acceptors (Lipinski definition) is 3. The average Bonchev–Trinajstić information content (AvgIpc) is 3.06. The molecule has 2 aliphatic rings. The van der Waals surface area contributed by atoms with Crippen LogP contribution in [0.5, 0.6) is 0 Å². The largest absolute Gasteiger partial charge is 0.326 e. The Kier molecular flexibility index (Phi) is 6.37. The second kappa shape index (κ2) is 8.76. The fraction of sp³-hybridized carbons (Fsp3) is 0.364. The van der Waals surface area contributed by atoms with Gasteiger partial charge in [0.05, 0.1) is 6.42 Å². The van der Waals surface area contributed by atoms with E-state index in [1.165, 1.54) is 5.56 Å². The number of benzene rings is 2. The molecule has 1 fully saturated rings. The highest BCUT2D eigenvalue weighted by molar-refractivity contribution is 5.97. The van der Waals surface area contributed by atoms with E-state index < -0.39 is 0 Å². The van der Waals surface area contributed by atoms with Crippen LogP contribution in [0.1, 0.15) is 18.1 Å². The van der Waals surface area contributed by atoms with Crippen LogP contribution in [0, 0.1) is 11.8 Å². The number of nitrogens with one attached hydrogen (secondary N) is 2. The number of hydrogen-bond donors (Lipinski definition) is 2. The SMILES string of the molecule is CC(C(=O)Nc1ccc(CC(=O)N2CCc3ccccc32)cc1)C1CNC1.Cl. The first kappa shape index (κ1) is 20.4. The lowest BCUT2D eigenvalue weighted by molar-refractivity contribution is -0.121. The molecule has 2 aromatic carbocycles. The molecular formula is C22H26ClN3O2. The van der Waals surface area contributed by atoms with Crippen LogP contribution in [0.4, 0.5) is 11.4 Å². The van der Waals surface area contributed by atoms with Gasteiger partial charge in [-0.1, -0.05) is 37.3 Å². The van der Waals surface area contributed by atoms with E-state index in [4.69, 9.17) is 0 Å². The van der Waals surface area contributed by atoms with Crippen LogP contribution in [-0.2, 0) is 22.4 Å². The molecule has 0 bridgehead atoms. The lowest BCUT2D eigenvalue weighted by Crippen LogP contribution is -2.48. The van der Waals surface area contributed by atoms with Crippen LogP contribution < -0.4 is 15.5 Å². The smallest absolute Gasteiger partial charge is 0.231 e. The number of carbonyl (C=O) groups is 2. The third kappa shape index (κ3) is 4.21. The molecule has 1 saturated heterocycles. The van der Waals surface area contributed by atoms with Crippen LogP contribution in [0.25, 0.3) is 0 Å². The maximum absolute atomic E-state index is 12.7. The summed E-state index contributed by atoms with van der Waals surface area (Å²) in [5, 5.41) is 6.18. The van der Waals surface area contributed by atoms with E-state index in [1.54, 1.807) is 0 Å². The number of anilines is 2. The molecule has 0 spiro atoms. The summed E-state index contributed by atoms with van der Waals surface area (Å²) in [6.45, 7) is 4.55. The molecule has 0 aliphatic carbocycles. The summed E-state index contributed by atoms with van der Waals surface area (Å²) in [5.74, 6) is 0.592. The Balaban J connectivity index is 0.00000225. The first-order valence-corrected chi connectivity index (χ1v) is 9.60. The van der Waals surface area contributed by atoms with Crippen molar-refractivity contribution in [1.29, 1.82) is 0 Å². The van der Waals surface area contributed by atoms with E-state index in [2.05, 4.69) is 16.7 Å². The molecule has 28 heavy (non-hydrogen) atoms. The van der Waals surface area contributed by atoms with Gasteiger partial charge in [0.2, 0.25) is 11.8 Å². The van der Waals surface area contributed by atoms with Gasteiger partial charge in [0.15, 0.2) is 0 Å². The Hall–Kier alpha value is -2.37. The zero-order valence-corrected chi connectivity index (χ0v) is 16.8. The highest BCUT2D eigenvalue weighted by Gasteiger charge is 2.28. The quantitative estimate of drug-likeness (QED) is 0.812. The Labute approximate surface area is 171 Å². The number of halogens is 1. The minimum Gasteiger partial charge on any atom is -0.326 e. The standard InChI is InChI=1S/C22H25N3O2.ClH/c1-15(18-13-23-14-18)22(27)24-19-8-6-16(7-9-19)12-21(26)25-11-10-17-4-2-3-5-20(17)25;/h2-9,15,18,23H,10-14H2,1H3,(H,24,27);1H. The van der Waals surface area contributed by atoms with Crippen LogP contribution in [0.3, 0.4) is 0 Å². The molecule has 1 unspecified atom stereocenters. The van der Waals surface area contributed by atoms with Crippen molar-refractivity contribution in [3.8, 4) is 0 Å². The normalized spacial score (nSPS) is 16.5. The van der Waals surface area contributed by atoms with Gasteiger partial charge in [-0.3, -0.25) is 9.59 Å². The molecule has 2 aromatic rings. The number of nitrogens with zero attached hydrogens (tertiary/aromatic N) is 1. The van der Waals surface area contributed by atoms with Crippen molar-refractivity contribution in [3.63, 3.8) is 0 Å². The summed E-state index contributed by atoms with van der Waals surface area (Å²) < 4.78 is 0. The Morgan fingerprint density at radius 2 is 1.86 bits per heavy atom. The van der Waals surface area contributed by atoms with Crippen molar-refractivity contribution < 1.29 is 9.59 Å². The van der Waals surface area contributed by atoms with E-state index >= 15 is 0 Å². The van der Waals surface area contributed by atoms with Gasteiger partial charge < -0.3 is 15.5 Å². The fourth-order valence-electron chi connectivity index (χ4n) is 3.71. The molecule has 6 heteroatoms. The summed E-state index contributed by atoms with van der Waals surface area (Å²) in [5.41, 5.74) is 4.01. The molecule has 4 rings (SSSR count). The van der Waals surface area contributed by atoms with Gasteiger partial charge in [-0.25, -0.2) is 0 Å². The van der Waals surface area contributed by atoms with Gasteiger partial charge in [0.1, 0.15) is 0 Å². The summed E-state index contributed by atoms with van der Waals surface area (Å²) in [6, 6.07) is 15.7. The number of fused-ring (bicyclic) bond motifs is 1. The summed E-state index contributed by atoms with van der Waals surface area (Å²) in [6.07, 6.45) is 1.29. The molecule has 148 valence electrons. The first-order chi connectivity index (χ1) is 13.1. The summed E-state index contributed by atoms with van der Waals surface area (Å²) >= 11 is 0. The predicted molar refractivity (Wildman–Crippen MR) is 114 cm³/mol. The number of carbonyl (C=O) groups excluding carboxylic acids is 2. The van der Waals surface area contributed by atoms with Gasteiger partial charge in [0.25, 0.3) is 0 Å². The van der Waals surface area contributed by atoms with Gasteiger partial charge in [0, 0.05) is 23.8 Å². The van der Waals surface area contributed by atoms with Crippen molar-refractivity contribution in [2.45, 2.75) is 19.8 Å². The van der Waals surface area contributed by atoms with Crippen molar-refractivity contribution in [2.24, 2.45) is 11.8 Å². The molecule has 2 amide bonds. The molecule has 1 atom stereocenters. The predicted octanol–water partition coefficient (Wildman–Crippen LogP) is 3.03. The lowest BCUT2D eigenvalue weighted by atomic mass is 9.88. The van der Waals surface area contributed by atoms with E-state index in [0.29, 0.717) is 12.3 Å². The van der Waals surface area contributed by atoms with Crippen LogP contribution in [-0.4, -0.2) is 31.4 Å². The van der Waals surface area contributed by atoms with Crippen molar-refractivity contribution >= 4 is 35.6 Å². The maximum Gasteiger partial charge on any atom is 0.231 e. The molecular weight excluding hydrogens is 374 g/mol. The molecule has 2 N–H and O–H groups in total. The van der Waals surface area contributed by atoms with Gasteiger partial charge in [-0.15, -0.1) is 12.4 Å². The monoisotopic (exact) mass is 399 g/mol. The second-order valence-electron chi connectivity index (χ2n) is 7.49. The summed E-state index contributed by atoms with van der Waals surface area (Å²) in [7, 11) is 0. The molecule has 0 saturated carbocycles. The Morgan fingerprint density at radius 1 is 1.14 bits per heavy atom. The third-order valence-corrected chi connectivity index (χ3v) is 5.70. The molecule has 2 aliphatic heterocycles. The molecule has 0 aromatic heterocycles. The van der Waals surface area contributed by atoms with Crippen molar-refractivity contribution in [1.82, 2.24) is 5.32 Å². The number of amides is 2. The van der Waals surface area contributed by atoms with Crippen LogP contribution in [0.2, 0.25) is 0 Å². The minimum atomic E-state index is 0. The highest BCUT2D eigenvalue weighted by atomic mass is 35.5. The Morgan fingerprint density at radius 3 is 2.54 bits per heavy atom. The van der Waals surface area contributed by atoms with Gasteiger partial charge in [-0.2, -0.15) is 0 Å². The fourth-order valence-corrected chi connectivity index (χ4v) is 3.71. The topological polar surface area (TPSA) is 61.4 Å². The zero-order valence-electron chi connectivity index (χ0n) is 16.0. The van der Waals surface area contributed by atoms with Crippen molar-refractivity contribution in [3.05, 3.63) is 59.7 Å². The zero-order chi connectivity index (χ0) is 18.8. The van der Waals surface area contributed by atoms with Crippen LogP contribution >= 0.6 is 12.4 Å². The average molecular weight is 400 g/mol. The second-order valence-corrected chi connectivity index (χ2v) is 7.49. The van der Waals surface area contributed by atoms with E-state index in [9.17, 15) is 9.59 Å². The molecule has 2 heterocycles. The Bertz CT molecular complexity index is 849. The van der Waals surface area contributed by atoms with Gasteiger partial charge >= 0.3 is 0 Å². The third-order valence-electron chi connectivity index (χ3n) is 5.70. The number of rotatable bonds is 5. The summed E-state index contributed by atoms with van der Waals surface area (Å²) in [4.78, 5) is 26.9. The minimum absolute atomic E-state index is 0. The van der Waals surface area contributed by atoms with E-state index in [0.717, 1.165) is 43.0 Å². The molecule has 5 nitrogen and oxygen atoms in total. The van der Waals surface area contributed by atoms with Gasteiger partial charge in [-0.05, 0) is 54.8 Å². The van der Waals surface area contributed by atoms with E-state index in [1.807, 2.05) is 54.3 Å². The highest BCUT2D eigenvalue weighted by Crippen LogP contribution is 2.28. The van der Waals surface area contributed by atoms with Crippen LogP contribution in [0.15, 0.2) is 48.5 Å². The number of para-hydroxylation sites is 1. The van der Waals surface area contributed by atoms with Crippen molar-refractivity contribution in [2.75, 3.05) is 29.9 Å². The van der Waals surface area contributed by atoms with E-state index in [-0.39, 0.29) is 30.1 Å². The molecule has 0 radical (unpaired) electrons. The first-order valence-electron chi connectivity index (χ1n) is 9.60. The lowest BCUT2D eigenvalue weighted by Gasteiger charge is -2.31.